The topological polar surface area (TPSA) is 73.3 Å². The lowest BCUT2D eigenvalue weighted by molar-refractivity contribution is 0.0888. The van der Waals surface area contributed by atoms with Crippen LogP contribution in [0.5, 0.6) is 11.5 Å². The second kappa shape index (κ2) is 10.8. The molecule has 1 unspecified atom stereocenters. The monoisotopic (exact) mass is 351 g/mol. The van der Waals surface area contributed by atoms with Gasteiger partial charge in [0, 0.05) is 44.5 Å². The van der Waals surface area contributed by atoms with Crippen LogP contribution in [0.25, 0.3) is 0 Å². The Hall–Kier alpha value is -1.99. The summed E-state index contributed by atoms with van der Waals surface area (Å²) in [4.78, 5) is 4.23. The van der Waals surface area contributed by atoms with E-state index in [1.165, 1.54) is 0 Å². The van der Waals surface area contributed by atoms with E-state index in [1.54, 1.807) is 21.3 Å². The summed E-state index contributed by atoms with van der Waals surface area (Å²) in [5.41, 5.74) is 0.878. The van der Waals surface area contributed by atoms with E-state index in [4.69, 9.17) is 18.9 Å². The number of aliphatic imine (C=N–C) groups is 1. The lowest BCUT2D eigenvalue weighted by atomic mass is 10.1. The van der Waals surface area contributed by atoms with Gasteiger partial charge in [-0.25, -0.2) is 0 Å². The van der Waals surface area contributed by atoms with E-state index in [9.17, 15) is 0 Å². The van der Waals surface area contributed by atoms with Gasteiger partial charge in [-0.1, -0.05) is 0 Å². The SMILES string of the molecule is CN=C(NCCCOCC1CCOC1)Nc1ccc(OC)c(OC)c1. The zero-order valence-corrected chi connectivity index (χ0v) is 15.3. The highest BCUT2D eigenvalue weighted by atomic mass is 16.5. The molecule has 7 heteroatoms. The molecule has 0 saturated carbocycles. The third-order valence-electron chi connectivity index (χ3n) is 4.01. The normalized spacial score (nSPS) is 17.4. The maximum absolute atomic E-state index is 5.70. The van der Waals surface area contributed by atoms with Crippen LogP contribution < -0.4 is 20.1 Å². The first-order valence-corrected chi connectivity index (χ1v) is 8.62. The van der Waals surface area contributed by atoms with Gasteiger partial charge in [-0.15, -0.1) is 0 Å². The van der Waals surface area contributed by atoms with Crippen molar-refractivity contribution in [3.8, 4) is 11.5 Å². The van der Waals surface area contributed by atoms with Gasteiger partial charge in [-0.3, -0.25) is 4.99 Å². The van der Waals surface area contributed by atoms with Gasteiger partial charge in [0.15, 0.2) is 17.5 Å². The van der Waals surface area contributed by atoms with Crippen LogP contribution in [0.1, 0.15) is 12.8 Å². The first kappa shape index (κ1) is 19.3. The van der Waals surface area contributed by atoms with Crippen LogP contribution in [-0.4, -0.2) is 60.2 Å². The van der Waals surface area contributed by atoms with Crippen LogP contribution in [0.3, 0.4) is 0 Å². The standard InChI is InChI=1S/C18H29N3O4/c1-19-18(20-8-4-9-24-12-14-7-10-25-13-14)21-15-5-6-16(22-2)17(11-15)23-3/h5-6,11,14H,4,7-10,12-13H2,1-3H3,(H2,19,20,21). The number of guanidine groups is 1. The van der Waals surface area contributed by atoms with Crippen molar-refractivity contribution in [3.05, 3.63) is 18.2 Å². The Balaban J connectivity index is 1.68. The number of methoxy groups -OCH3 is 2. The zero-order valence-electron chi connectivity index (χ0n) is 15.3. The van der Waals surface area contributed by atoms with Crippen molar-refractivity contribution in [1.29, 1.82) is 0 Å². The molecular formula is C18H29N3O4. The zero-order chi connectivity index (χ0) is 17.9. The Morgan fingerprint density at radius 2 is 2.12 bits per heavy atom. The molecule has 1 aliphatic heterocycles. The third kappa shape index (κ3) is 6.43. The second-order valence-corrected chi connectivity index (χ2v) is 5.85. The smallest absolute Gasteiger partial charge is 0.195 e. The number of hydrogen-bond donors (Lipinski definition) is 2. The molecule has 1 heterocycles. The Kier molecular flexibility index (Phi) is 8.34. The van der Waals surface area contributed by atoms with Gasteiger partial charge >= 0.3 is 0 Å². The molecule has 0 bridgehead atoms. The summed E-state index contributed by atoms with van der Waals surface area (Å²) in [6.45, 7) is 4.01. The number of ether oxygens (including phenoxy) is 4. The summed E-state index contributed by atoms with van der Waals surface area (Å²) in [6, 6.07) is 5.65. The predicted molar refractivity (Wildman–Crippen MR) is 98.9 cm³/mol. The lowest BCUT2D eigenvalue weighted by Gasteiger charge is -2.14. The maximum Gasteiger partial charge on any atom is 0.195 e. The molecule has 7 nitrogen and oxygen atoms in total. The molecule has 1 saturated heterocycles. The molecule has 0 spiro atoms. The van der Waals surface area contributed by atoms with E-state index in [1.807, 2.05) is 18.2 Å². The fourth-order valence-corrected chi connectivity index (χ4v) is 2.58. The minimum absolute atomic E-state index is 0.562. The summed E-state index contributed by atoms with van der Waals surface area (Å²) < 4.78 is 21.6. The number of hydrogen-bond acceptors (Lipinski definition) is 5. The molecule has 25 heavy (non-hydrogen) atoms. The first-order chi connectivity index (χ1) is 12.3. The molecule has 1 aromatic rings. The van der Waals surface area contributed by atoms with Crippen molar-refractivity contribution in [2.75, 3.05) is 59.6 Å². The molecule has 2 rings (SSSR count). The molecule has 1 aromatic carbocycles. The number of benzene rings is 1. The van der Waals surface area contributed by atoms with Crippen LogP contribution in [0.15, 0.2) is 23.2 Å². The summed E-state index contributed by atoms with van der Waals surface area (Å²) >= 11 is 0. The van der Waals surface area contributed by atoms with E-state index in [-0.39, 0.29) is 0 Å². The molecule has 140 valence electrons. The lowest BCUT2D eigenvalue weighted by Crippen LogP contribution is -2.32. The summed E-state index contributed by atoms with van der Waals surface area (Å²) in [6.07, 6.45) is 2.03. The van der Waals surface area contributed by atoms with Crippen LogP contribution >= 0.6 is 0 Å². The highest BCUT2D eigenvalue weighted by molar-refractivity contribution is 5.93. The van der Waals surface area contributed by atoms with Crippen molar-refractivity contribution in [2.24, 2.45) is 10.9 Å². The van der Waals surface area contributed by atoms with Gasteiger partial charge in [0.1, 0.15) is 0 Å². The molecule has 1 aliphatic rings. The largest absolute Gasteiger partial charge is 0.493 e. The fourth-order valence-electron chi connectivity index (χ4n) is 2.58. The Morgan fingerprint density at radius 1 is 1.28 bits per heavy atom. The van der Waals surface area contributed by atoms with E-state index < -0.39 is 0 Å². The number of anilines is 1. The van der Waals surface area contributed by atoms with E-state index in [0.717, 1.165) is 51.5 Å². The molecule has 0 radical (unpaired) electrons. The van der Waals surface area contributed by atoms with Gasteiger partial charge in [0.25, 0.3) is 0 Å². The second-order valence-electron chi connectivity index (χ2n) is 5.85. The predicted octanol–water partition coefficient (Wildman–Crippen LogP) is 2.13. The van der Waals surface area contributed by atoms with E-state index in [2.05, 4.69) is 15.6 Å². The van der Waals surface area contributed by atoms with Gasteiger partial charge in [0.05, 0.1) is 27.4 Å². The van der Waals surface area contributed by atoms with Crippen LogP contribution in [0, 0.1) is 5.92 Å². The molecule has 1 atom stereocenters. The summed E-state index contributed by atoms with van der Waals surface area (Å²) in [5, 5.41) is 6.51. The van der Waals surface area contributed by atoms with Crippen LogP contribution in [0.4, 0.5) is 5.69 Å². The van der Waals surface area contributed by atoms with Crippen LogP contribution in [-0.2, 0) is 9.47 Å². The number of rotatable bonds is 9. The quantitative estimate of drug-likeness (QED) is 0.403. The molecule has 0 aliphatic carbocycles. The van der Waals surface area contributed by atoms with E-state index in [0.29, 0.717) is 23.4 Å². The molecule has 0 aromatic heterocycles. The average Bonchev–Trinajstić information content (AvgIpc) is 3.16. The van der Waals surface area contributed by atoms with E-state index >= 15 is 0 Å². The Bertz CT molecular complexity index is 545. The van der Waals surface area contributed by atoms with Gasteiger partial charge in [0.2, 0.25) is 0 Å². The highest BCUT2D eigenvalue weighted by Gasteiger charge is 2.15. The molecular weight excluding hydrogens is 322 g/mol. The van der Waals surface area contributed by atoms with Crippen LogP contribution in [0.2, 0.25) is 0 Å². The van der Waals surface area contributed by atoms with Crippen molar-refractivity contribution in [1.82, 2.24) is 5.32 Å². The fraction of sp³-hybridized carbons (Fsp3) is 0.611. The maximum atomic E-state index is 5.70. The van der Waals surface area contributed by atoms with Gasteiger partial charge in [-0.05, 0) is 25.0 Å². The Labute approximate surface area is 149 Å². The third-order valence-corrected chi connectivity index (χ3v) is 4.01. The van der Waals surface area contributed by atoms with Crippen molar-refractivity contribution < 1.29 is 18.9 Å². The highest BCUT2D eigenvalue weighted by Crippen LogP contribution is 2.29. The van der Waals surface area contributed by atoms with Gasteiger partial charge in [-0.2, -0.15) is 0 Å². The minimum Gasteiger partial charge on any atom is -0.493 e. The molecule has 0 amide bonds. The van der Waals surface area contributed by atoms with Crippen molar-refractivity contribution in [3.63, 3.8) is 0 Å². The summed E-state index contributed by atoms with van der Waals surface area (Å²) in [5.74, 6) is 2.64. The van der Waals surface area contributed by atoms with Crippen molar-refractivity contribution >= 4 is 11.6 Å². The number of nitrogens with zero attached hydrogens (tertiary/aromatic N) is 1. The number of nitrogens with one attached hydrogen (secondary N) is 2. The molecule has 2 N–H and O–H groups in total. The minimum atomic E-state index is 0.562. The first-order valence-electron chi connectivity index (χ1n) is 8.62. The Morgan fingerprint density at radius 3 is 2.80 bits per heavy atom. The summed E-state index contributed by atoms with van der Waals surface area (Å²) in [7, 11) is 4.98. The average molecular weight is 351 g/mol. The molecule has 1 fully saturated rings. The van der Waals surface area contributed by atoms with Crippen molar-refractivity contribution in [2.45, 2.75) is 12.8 Å². The van der Waals surface area contributed by atoms with Gasteiger partial charge < -0.3 is 29.6 Å².